The van der Waals surface area contributed by atoms with Crippen LogP contribution in [0.2, 0.25) is 0 Å². The van der Waals surface area contributed by atoms with E-state index in [0.717, 1.165) is 39.5 Å². The first-order valence-corrected chi connectivity index (χ1v) is 12.8. The van der Waals surface area contributed by atoms with Gasteiger partial charge in [0.15, 0.2) is 0 Å². The fourth-order valence-electron chi connectivity index (χ4n) is 4.55. The number of hydrogen-bond donors (Lipinski definition) is 1. The quantitative estimate of drug-likeness (QED) is 0.509. The van der Waals surface area contributed by atoms with Gasteiger partial charge >= 0.3 is 0 Å². The zero-order chi connectivity index (χ0) is 24.2. The third kappa shape index (κ3) is 5.55. The summed E-state index contributed by atoms with van der Waals surface area (Å²) in [7, 11) is 0. The predicted molar refractivity (Wildman–Crippen MR) is 138 cm³/mol. The van der Waals surface area contributed by atoms with Crippen LogP contribution in [0.5, 0.6) is 0 Å². The van der Waals surface area contributed by atoms with Crippen molar-refractivity contribution in [3.8, 4) is 10.6 Å². The molecule has 1 fully saturated rings. The van der Waals surface area contributed by atoms with Crippen LogP contribution < -0.4 is 5.32 Å². The number of rotatable bonds is 6. The molecule has 6 heteroatoms. The van der Waals surface area contributed by atoms with Gasteiger partial charge in [-0.25, -0.2) is 4.98 Å². The van der Waals surface area contributed by atoms with Crippen LogP contribution in [0, 0.1) is 32.6 Å². The first-order chi connectivity index (χ1) is 16.3. The number of aromatic nitrogens is 1. The summed E-state index contributed by atoms with van der Waals surface area (Å²) in [6.07, 6.45) is 1.68. The van der Waals surface area contributed by atoms with Crippen LogP contribution in [-0.2, 0) is 11.3 Å². The number of carbonyl (C=O) groups excluding carboxylic acids is 2. The van der Waals surface area contributed by atoms with E-state index in [1.807, 2.05) is 30.9 Å². The van der Waals surface area contributed by atoms with Crippen molar-refractivity contribution in [2.24, 2.45) is 11.8 Å². The Bertz CT molecular complexity index is 1160. The molecule has 1 saturated heterocycles. The molecule has 3 aromatic rings. The molecule has 1 aliphatic rings. The topological polar surface area (TPSA) is 62.3 Å². The van der Waals surface area contributed by atoms with Crippen molar-refractivity contribution in [2.75, 3.05) is 13.1 Å². The van der Waals surface area contributed by atoms with E-state index >= 15 is 0 Å². The maximum atomic E-state index is 13.2. The molecule has 0 saturated carbocycles. The van der Waals surface area contributed by atoms with Gasteiger partial charge in [0.25, 0.3) is 5.91 Å². The zero-order valence-electron chi connectivity index (χ0n) is 20.4. The van der Waals surface area contributed by atoms with E-state index in [-0.39, 0.29) is 23.7 Å². The van der Waals surface area contributed by atoms with E-state index in [1.54, 1.807) is 0 Å². The number of hydrogen-bond acceptors (Lipinski definition) is 4. The number of nitrogens with one attached hydrogen (secondary N) is 1. The van der Waals surface area contributed by atoms with E-state index < -0.39 is 0 Å². The highest BCUT2D eigenvalue weighted by Gasteiger charge is 2.31. The molecule has 0 unspecified atom stereocenters. The Morgan fingerprint density at radius 3 is 2.44 bits per heavy atom. The molecule has 1 atom stereocenters. The lowest BCUT2D eigenvalue weighted by molar-refractivity contribution is -0.126. The molecule has 1 N–H and O–H groups in total. The first kappa shape index (κ1) is 24.1. The molecule has 178 valence electrons. The molecule has 0 bridgehead atoms. The lowest BCUT2D eigenvalue weighted by Crippen LogP contribution is -2.42. The normalized spacial score (nSPS) is 15.2. The van der Waals surface area contributed by atoms with Crippen molar-refractivity contribution in [3.63, 3.8) is 0 Å². The highest BCUT2D eigenvalue weighted by molar-refractivity contribution is 7.17. The second-order valence-corrected chi connectivity index (χ2v) is 10.4. The molecular formula is C28H33N3O2S. The van der Waals surface area contributed by atoms with Crippen LogP contribution in [-0.4, -0.2) is 34.8 Å². The summed E-state index contributed by atoms with van der Waals surface area (Å²) in [4.78, 5) is 33.3. The van der Waals surface area contributed by atoms with Gasteiger partial charge in [-0.05, 0) is 45.1 Å². The third-order valence-corrected chi connectivity index (χ3v) is 7.98. The molecule has 1 aromatic heterocycles. The van der Waals surface area contributed by atoms with Crippen molar-refractivity contribution < 1.29 is 9.59 Å². The van der Waals surface area contributed by atoms with Crippen molar-refractivity contribution in [2.45, 2.75) is 47.1 Å². The molecule has 0 spiro atoms. The van der Waals surface area contributed by atoms with Crippen molar-refractivity contribution >= 4 is 23.2 Å². The minimum Gasteiger partial charge on any atom is -0.352 e. The molecule has 2 amide bonds. The largest absolute Gasteiger partial charge is 0.352 e. The molecular weight excluding hydrogens is 442 g/mol. The Labute approximate surface area is 206 Å². The number of nitrogens with zero attached hydrogens (tertiary/aromatic N) is 2. The number of piperidine rings is 1. The summed E-state index contributed by atoms with van der Waals surface area (Å²) in [5.41, 5.74) is 5.35. The molecule has 0 aliphatic carbocycles. The molecule has 2 heterocycles. The lowest BCUT2D eigenvalue weighted by atomic mass is 9.84. The van der Waals surface area contributed by atoms with Gasteiger partial charge in [-0.2, -0.15) is 0 Å². The highest BCUT2D eigenvalue weighted by atomic mass is 32.1. The first-order valence-electron chi connectivity index (χ1n) is 12.0. The summed E-state index contributed by atoms with van der Waals surface area (Å²) >= 11 is 1.47. The monoisotopic (exact) mass is 475 g/mol. The second kappa shape index (κ2) is 10.5. The fourth-order valence-corrected chi connectivity index (χ4v) is 5.59. The number of likely N-dealkylation sites (tertiary alicyclic amines) is 1. The Morgan fingerprint density at radius 2 is 1.76 bits per heavy atom. The Hall–Kier alpha value is -2.99. The van der Waals surface area contributed by atoms with Gasteiger partial charge in [-0.3, -0.25) is 9.59 Å². The van der Waals surface area contributed by atoms with Crippen LogP contribution in [0.4, 0.5) is 0 Å². The predicted octanol–water partition coefficient (Wildman–Crippen LogP) is 5.54. The summed E-state index contributed by atoms with van der Waals surface area (Å²) in [6, 6.07) is 16.4. The average molecular weight is 476 g/mol. The molecule has 1 aliphatic heterocycles. The number of benzene rings is 2. The van der Waals surface area contributed by atoms with Gasteiger partial charge in [0.2, 0.25) is 5.91 Å². The van der Waals surface area contributed by atoms with E-state index in [9.17, 15) is 9.59 Å². The van der Waals surface area contributed by atoms with Gasteiger partial charge in [-0.1, -0.05) is 66.6 Å². The number of thiazole rings is 1. The van der Waals surface area contributed by atoms with Gasteiger partial charge < -0.3 is 10.2 Å². The van der Waals surface area contributed by atoms with Crippen molar-refractivity contribution in [1.82, 2.24) is 15.2 Å². The zero-order valence-corrected chi connectivity index (χ0v) is 21.2. The van der Waals surface area contributed by atoms with Crippen LogP contribution in [0.3, 0.4) is 0 Å². The summed E-state index contributed by atoms with van der Waals surface area (Å²) < 4.78 is 0. The summed E-state index contributed by atoms with van der Waals surface area (Å²) in [6.45, 7) is 9.94. The molecule has 34 heavy (non-hydrogen) atoms. The standard InChI is InChI=1S/C28H33N3O2S/c1-18-8-10-24(11-9-18)27-30-21(4)25(34-27)28(33)31-14-12-23(13-15-31)20(3)26(32)29-17-22-7-5-6-19(2)16-22/h5-11,16,20,23H,12-15,17H2,1-4H3,(H,29,32)/t20-/m1/s1. The highest BCUT2D eigenvalue weighted by Crippen LogP contribution is 2.31. The van der Waals surface area contributed by atoms with E-state index in [1.165, 1.54) is 22.5 Å². The Kier molecular flexibility index (Phi) is 7.47. The molecule has 4 rings (SSSR count). The van der Waals surface area contributed by atoms with Crippen LogP contribution in [0.25, 0.3) is 10.6 Å². The maximum absolute atomic E-state index is 13.2. The van der Waals surface area contributed by atoms with Gasteiger partial charge in [0.1, 0.15) is 9.88 Å². The van der Waals surface area contributed by atoms with Gasteiger partial charge in [-0.15, -0.1) is 11.3 Å². The molecule has 2 aromatic carbocycles. The van der Waals surface area contributed by atoms with E-state index in [2.05, 4.69) is 60.5 Å². The third-order valence-electron chi connectivity index (χ3n) is 6.79. The fraction of sp³-hybridized carbons (Fsp3) is 0.393. The molecule has 5 nitrogen and oxygen atoms in total. The number of carbonyl (C=O) groups is 2. The Morgan fingerprint density at radius 1 is 1.06 bits per heavy atom. The lowest BCUT2D eigenvalue weighted by Gasteiger charge is -2.34. The van der Waals surface area contributed by atoms with E-state index in [0.29, 0.717) is 19.6 Å². The van der Waals surface area contributed by atoms with Gasteiger partial charge in [0, 0.05) is 31.1 Å². The smallest absolute Gasteiger partial charge is 0.265 e. The van der Waals surface area contributed by atoms with Crippen LogP contribution in [0.1, 0.15) is 51.8 Å². The Balaban J connectivity index is 1.32. The minimum atomic E-state index is -0.0691. The van der Waals surface area contributed by atoms with Gasteiger partial charge in [0.05, 0.1) is 5.69 Å². The summed E-state index contributed by atoms with van der Waals surface area (Å²) in [5.74, 6) is 0.364. The SMILES string of the molecule is Cc1ccc(-c2nc(C)c(C(=O)N3CCC([C@@H](C)C(=O)NCc4cccc(C)c4)CC3)s2)cc1. The average Bonchev–Trinajstić information content (AvgIpc) is 3.23. The number of amides is 2. The van der Waals surface area contributed by atoms with E-state index in [4.69, 9.17) is 0 Å². The van der Waals surface area contributed by atoms with Crippen LogP contribution >= 0.6 is 11.3 Å². The number of aryl methyl sites for hydroxylation is 3. The summed E-state index contributed by atoms with van der Waals surface area (Å²) in [5, 5.41) is 3.97. The second-order valence-electron chi connectivity index (χ2n) is 9.42. The van der Waals surface area contributed by atoms with Crippen molar-refractivity contribution in [3.05, 3.63) is 75.8 Å². The maximum Gasteiger partial charge on any atom is 0.265 e. The molecule has 0 radical (unpaired) electrons. The van der Waals surface area contributed by atoms with Crippen molar-refractivity contribution in [1.29, 1.82) is 0 Å². The minimum absolute atomic E-state index is 0.0587. The van der Waals surface area contributed by atoms with Crippen LogP contribution in [0.15, 0.2) is 48.5 Å².